The minimum Gasteiger partial charge on any atom is -0.490 e. The van der Waals surface area contributed by atoms with Gasteiger partial charge in [0.25, 0.3) is 0 Å². The van der Waals surface area contributed by atoms with E-state index in [9.17, 15) is 15.3 Å². The summed E-state index contributed by atoms with van der Waals surface area (Å²) in [5.74, 6) is 0.699. The molecule has 0 aliphatic rings. The molecule has 1 aromatic carbocycles. The number of benzene rings is 1. The van der Waals surface area contributed by atoms with E-state index in [4.69, 9.17) is 19.4 Å². The molecule has 0 aliphatic heterocycles. The maximum absolute atomic E-state index is 9.72. The SMILES string of the molecule is CCCCCCCCCC(Oc1ccccc1)C(CO)(CO)CO.OP(O)O. The molecule has 7 nitrogen and oxygen atoms in total. The molecule has 0 aromatic heterocycles. The van der Waals surface area contributed by atoms with Gasteiger partial charge in [0.15, 0.2) is 0 Å². The molecule has 1 atom stereocenters. The van der Waals surface area contributed by atoms with E-state index in [2.05, 4.69) is 6.92 Å². The van der Waals surface area contributed by atoms with Crippen molar-refractivity contribution in [2.75, 3.05) is 19.8 Å². The van der Waals surface area contributed by atoms with Crippen LogP contribution in [0.3, 0.4) is 0 Å². The van der Waals surface area contributed by atoms with Crippen LogP contribution in [-0.2, 0) is 0 Å². The third-order valence-electron chi connectivity index (χ3n) is 4.72. The Balaban J connectivity index is 0.00000165. The number of aliphatic hydroxyl groups excluding tert-OH is 3. The van der Waals surface area contributed by atoms with Crippen molar-refractivity contribution in [3.8, 4) is 5.75 Å². The summed E-state index contributed by atoms with van der Waals surface area (Å²) in [7, 11) is -2.62. The number of hydrogen-bond donors (Lipinski definition) is 6. The predicted molar refractivity (Wildman–Crippen MR) is 111 cm³/mol. The molecule has 1 unspecified atom stereocenters. The van der Waals surface area contributed by atoms with E-state index in [1.807, 2.05) is 30.3 Å². The van der Waals surface area contributed by atoms with E-state index in [0.717, 1.165) is 12.8 Å². The van der Waals surface area contributed by atoms with Gasteiger partial charge >= 0.3 is 8.60 Å². The Kier molecular flexibility index (Phi) is 16.6. The van der Waals surface area contributed by atoms with Crippen LogP contribution in [0.4, 0.5) is 0 Å². The van der Waals surface area contributed by atoms with Gasteiger partial charge in [-0.15, -0.1) is 0 Å². The molecule has 1 aromatic rings. The molecule has 0 fully saturated rings. The van der Waals surface area contributed by atoms with Gasteiger partial charge in [-0.25, -0.2) is 0 Å². The Morgan fingerprint density at radius 1 is 0.821 bits per heavy atom. The number of para-hydroxylation sites is 1. The molecular weight excluding hydrogens is 383 g/mol. The molecule has 6 N–H and O–H groups in total. The lowest BCUT2D eigenvalue weighted by Gasteiger charge is -2.36. The van der Waals surface area contributed by atoms with E-state index in [-0.39, 0.29) is 19.8 Å². The normalized spacial score (nSPS) is 12.4. The van der Waals surface area contributed by atoms with Gasteiger partial charge in [0, 0.05) is 0 Å². The zero-order valence-corrected chi connectivity index (χ0v) is 17.7. The van der Waals surface area contributed by atoms with Gasteiger partial charge in [-0.1, -0.05) is 63.6 Å². The molecule has 0 amide bonds. The first-order chi connectivity index (χ1) is 13.5. The molecule has 0 saturated heterocycles. The van der Waals surface area contributed by atoms with Gasteiger partial charge in [0.05, 0.1) is 25.2 Å². The Hall–Kier alpha value is -0.790. The summed E-state index contributed by atoms with van der Waals surface area (Å²) >= 11 is 0. The second-order valence-corrected chi connectivity index (χ2v) is 7.47. The summed E-state index contributed by atoms with van der Waals surface area (Å²) in [6.45, 7) is 1.32. The average molecular weight is 420 g/mol. The Bertz CT molecular complexity index is 444. The zero-order valence-electron chi connectivity index (χ0n) is 16.8. The zero-order chi connectivity index (χ0) is 21.3. The molecule has 1 rings (SSSR count). The Labute approximate surface area is 169 Å². The Morgan fingerprint density at radius 3 is 1.75 bits per heavy atom. The molecule has 164 valence electrons. The number of ether oxygens (including phenoxy) is 1. The van der Waals surface area contributed by atoms with Crippen molar-refractivity contribution >= 4 is 8.60 Å². The summed E-state index contributed by atoms with van der Waals surface area (Å²) in [5, 5.41) is 29.2. The molecule has 28 heavy (non-hydrogen) atoms. The van der Waals surface area contributed by atoms with E-state index in [1.165, 1.54) is 32.1 Å². The van der Waals surface area contributed by atoms with Gasteiger partial charge in [-0.05, 0) is 25.0 Å². The molecular formula is C20H37O7P. The monoisotopic (exact) mass is 420 g/mol. The number of hydrogen-bond acceptors (Lipinski definition) is 7. The number of aliphatic hydroxyl groups is 3. The smallest absolute Gasteiger partial charge is 0.324 e. The van der Waals surface area contributed by atoms with Crippen LogP contribution >= 0.6 is 8.60 Å². The molecule has 0 heterocycles. The fraction of sp³-hybridized carbons (Fsp3) is 0.700. The van der Waals surface area contributed by atoms with E-state index >= 15 is 0 Å². The molecule has 0 spiro atoms. The summed E-state index contributed by atoms with van der Waals surface area (Å²) in [6.07, 6.45) is 8.66. The highest BCUT2D eigenvalue weighted by atomic mass is 31.2. The van der Waals surface area contributed by atoms with Crippen molar-refractivity contribution in [2.24, 2.45) is 5.41 Å². The lowest BCUT2D eigenvalue weighted by Crippen LogP contribution is -2.48. The summed E-state index contributed by atoms with van der Waals surface area (Å²) in [5.41, 5.74) is -1.02. The van der Waals surface area contributed by atoms with Crippen LogP contribution in [0.2, 0.25) is 0 Å². The van der Waals surface area contributed by atoms with Crippen molar-refractivity contribution in [3.05, 3.63) is 30.3 Å². The minimum absolute atomic E-state index is 0.298. The van der Waals surface area contributed by atoms with Crippen LogP contribution in [-0.4, -0.2) is 55.9 Å². The first-order valence-electron chi connectivity index (χ1n) is 9.86. The average Bonchev–Trinajstić information content (AvgIpc) is 2.69. The maximum Gasteiger partial charge on any atom is 0.324 e. The lowest BCUT2D eigenvalue weighted by atomic mass is 9.81. The van der Waals surface area contributed by atoms with Crippen LogP contribution in [0.15, 0.2) is 30.3 Å². The van der Waals surface area contributed by atoms with E-state index in [1.54, 1.807) is 0 Å². The van der Waals surface area contributed by atoms with Crippen molar-refractivity contribution in [1.82, 2.24) is 0 Å². The predicted octanol–water partition coefficient (Wildman–Crippen LogP) is 2.73. The van der Waals surface area contributed by atoms with Crippen LogP contribution in [0, 0.1) is 5.41 Å². The highest BCUT2D eigenvalue weighted by Gasteiger charge is 2.39. The number of rotatable bonds is 14. The Morgan fingerprint density at radius 2 is 1.29 bits per heavy atom. The summed E-state index contributed by atoms with van der Waals surface area (Å²) in [6, 6.07) is 9.40. The van der Waals surface area contributed by atoms with Crippen LogP contribution < -0.4 is 4.74 Å². The fourth-order valence-electron chi connectivity index (χ4n) is 2.90. The van der Waals surface area contributed by atoms with Gasteiger partial charge in [-0.2, -0.15) is 0 Å². The lowest BCUT2D eigenvalue weighted by molar-refractivity contribution is -0.0755. The van der Waals surface area contributed by atoms with Gasteiger partial charge in [-0.3, -0.25) is 0 Å². The van der Waals surface area contributed by atoms with E-state index < -0.39 is 20.1 Å². The van der Waals surface area contributed by atoms with Crippen molar-refractivity contribution < 1.29 is 34.7 Å². The van der Waals surface area contributed by atoms with Crippen molar-refractivity contribution in [2.45, 2.75) is 64.4 Å². The minimum atomic E-state index is -2.62. The molecule has 0 saturated carbocycles. The van der Waals surface area contributed by atoms with Crippen LogP contribution in [0.1, 0.15) is 58.3 Å². The topological polar surface area (TPSA) is 131 Å². The van der Waals surface area contributed by atoms with Crippen LogP contribution in [0.5, 0.6) is 5.75 Å². The number of unbranched alkanes of at least 4 members (excludes halogenated alkanes) is 6. The summed E-state index contributed by atoms with van der Waals surface area (Å²) in [4.78, 5) is 21.7. The first-order valence-corrected chi connectivity index (χ1v) is 11.1. The van der Waals surface area contributed by atoms with Crippen molar-refractivity contribution in [3.63, 3.8) is 0 Å². The molecule has 0 bridgehead atoms. The highest BCUT2D eigenvalue weighted by molar-refractivity contribution is 7.38. The van der Waals surface area contributed by atoms with Gasteiger partial charge in [0.2, 0.25) is 0 Å². The van der Waals surface area contributed by atoms with Gasteiger partial charge in [0.1, 0.15) is 11.9 Å². The molecule has 0 aliphatic carbocycles. The molecule has 0 radical (unpaired) electrons. The third kappa shape index (κ3) is 11.9. The standard InChI is InChI=1S/C20H34O4.H3O3P/c1-2-3-4-5-6-7-11-14-19(20(15-21,16-22)17-23)24-18-12-9-8-10-13-18;1-4(2)3/h8-10,12-13,19,21-23H,2-7,11,14-17H2,1H3;1-3H. The molecule has 8 heteroatoms. The fourth-order valence-corrected chi connectivity index (χ4v) is 2.90. The maximum atomic E-state index is 9.72. The van der Waals surface area contributed by atoms with Crippen molar-refractivity contribution in [1.29, 1.82) is 0 Å². The summed E-state index contributed by atoms with van der Waals surface area (Å²) < 4.78 is 6.02. The largest absolute Gasteiger partial charge is 0.490 e. The first kappa shape index (κ1) is 27.2. The van der Waals surface area contributed by atoms with Crippen LogP contribution in [0.25, 0.3) is 0 Å². The third-order valence-corrected chi connectivity index (χ3v) is 4.72. The second kappa shape index (κ2) is 17.1. The highest BCUT2D eigenvalue weighted by Crippen LogP contribution is 2.29. The van der Waals surface area contributed by atoms with E-state index in [0.29, 0.717) is 12.2 Å². The van der Waals surface area contributed by atoms with Gasteiger partial charge < -0.3 is 34.7 Å². The quantitative estimate of drug-likeness (QED) is 0.202. The second-order valence-electron chi connectivity index (χ2n) is 6.93.